The molecule has 2 atom stereocenters. The van der Waals surface area contributed by atoms with Crippen LogP contribution in [0.3, 0.4) is 0 Å². The van der Waals surface area contributed by atoms with Gasteiger partial charge in [0.2, 0.25) is 11.8 Å². The second kappa shape index (κ2) is 9.05. The van der Waals surface area contributed by atoms with Crippen LogP contribution in [0.25, 0.3) is 11.5 Å². The minimum Gasteiger partial charge on any atom is -0.494 e. The number of hydrogen-bond donors (Lipinski definition) is 3. The lowest BCUT2D eigenvalue weighted by atomic mass is 10.1. The molecule has 0 bridgehead atoms. The van der Waals surface area contributed by atoms with Gasteiger partial charge < -0.3 is 19.8 Å². The first-order chi connectivity index (χ1) is 15.0. The summed E-state index contributed by atoms with van der Waals surface area (Å²) in [4.78, 5) is 24.8. The molecule has 9 nitrogen and oxygen atoms in total. The number of rotatable bonds is 7. The number of ether oxygens (including phenoxy) is 1. The maximum absolute atomic E-state index is 12.7. The van der Waals surface area contributed by atoms with Crippen LogP contribution in [0.15, 0.2) is 53.1 Å². The number of nitrogens with zero attached hydrogens (tertiary/aromatic N) is 2. The molecule has 0 aliphatic carbocycles. The zero-order valence-electron chi connectivity index (χ0n) is 17.4. The van der Waals surface area contributed by atoms with E-state index >= 15 is 0 Å². The van der Waals surface area contributed by atoms with Crippen LogP contribution in [0.5, 0.6) is 5.75 Å². The minimum absolute atomic E-state index is 0.0255. The Kier molecular flexibility index (Phi) is 6.03. The summed E-state index contributed by atoms with van der Waals surface area (Å²) in [7, 11) is 0. The molecule has 1 fully saturated rings. The van der Waals surface area contributed by atoms with Crippen LogP contribution < -0.4 is 20.7 Å². The lowest BCUT2D eigenvalue weighted by Crippen LogP contribution is -2.52. The molecule has 1 aromatic carbocycles. The Balaban J connectivity index is 1.54. The zero-order valence-corrected chi connectivity index (χ0v) is 17.4. The van der Waals surface area contributed by atoms with E-state index in [0.717, 1.165) is 11.3 Å². The average molecular weight is 423 g/mol. The summed E-state index contributed by atoms with van der Waals surface area (Å²) in [6, 6.07) is 12.7. The van der Waals surface area contributed by atoms with Crippen molar-refractivity contribution in [3.05, 3.63) is 54.3 Å². The van der Waals surface area contributed by atoms with Crippen molar-refractivity contribution >= 4 is 17.6 Å². The van der Waals surface area contributed by atoms with E-state index in [1.165, 1.54) is 0 Å². The molecule has 2 amide bonds. The second-order valence-corrected chi connectivity index (χ2v) is 7.38. The molecule has 2 aromatic heterocycles. The number of carbonyl (C=O) groups excluding carboxylic acids is 2. The second-order valence-electron chi connectivity index (χ2n) is 7.38. The van der Waals surface area contributed by atoms with E-state index < -0.39 is 6.29 Å². The monoisotopic (exact) mass is 423 g/mol. The van der Waals surface area contributed by atoms with Gasteiger partial charge in [0, 0.05) is 18.5 Å². The van der Waals surface area contributed by atoms with Crippen molar-refractivity contribution in [1.29, 1.82) is 0 Å². The summed E-state index contributed by atoms with van der Waals surface area (Å²) in [6.07, 6.45) is 1.54. The summed E-state index contributed by atoms with van der Waals surface area (Å²) in [5.41, 5.74) is 1.41. The van der Waals surface area contributed by atoms with Crippen LogP contribution >= 0.6 is 0 Å². The maximum Gasteiger partial charge on any atom is 0.229 e. The molecular formula is C22H25N5O4. The molecule has 1 aliphatic heterocycles. The Hall–Kier alpha value is -3.59. The number of amides is 2. The van der Waals surface area contributed by atoms with Crippen molar-refractivity contribution < 1.29 is 18.7 Å². The van der Waals surface area contributed by atoms with Gasteiger partial charge in [-0.2, -0.15) is 5.10 Å². The molecular weight excluding hydrogens is 398 g/mol. The van der Waals surface area contributed by atoms with Gasteiger partial charge in [-0.3, -0.25) is 14.9 Å². The SMILES string of the molecule is CCOc1ccc(CC(=O)Nc2cc(-c3ccco3)nn2C2NC(=O)CC(C)N2)cc1. The van der Waals surface area contributed by atoms with E-state index in [9.17, 15) is 9.59 Å². The number of carbonyl (C=O) groups is 2. The van der Waals surface area contributed by atoms with Gasteiger partial charge in [0.05, 0.1) is 19.3 Å². The molecule has 0 spiro atoms. The Labute approximate surface area is 179 Å². The van der Waals surface area contributed by atoms with E-state index in [0.29, 0.717) is 30.3 Å². The smallest absolute Gasteiger partial charge is 0.229 e. The largest absolute Gasteiger partial charge is 0.494 e. The van der Waals surface area contributed by atoms with Gasteiger partial charge in [0.1, 0.15) is 17.3 Å². The maximum atomic E-state index is 12.7. The summed E-state index contributed by atoms with van der Waals surface area (Å²) in [6.45, 7) is 4.44. The summed E-state index contributed by atoms with van der Waals surface area (Å²) in [5.74, 6) is 1.50. The number of anilines is 1. The Bertz CT molecular complexity index is 1040. The van der Waals surface area contributed by atoms with Crippen LogP contribution in [0.2, 0.25) is 0 Å². The van der Waals surface area contributed by atoms with E-state index in [1.54, 1.807) is 29.1 Å². The Morgan fingerprint density at radius 2 is 2.13 bits per heavy atom. The molecule has 3 N–H and O–H groups in total. The number of aromatic nitrogens is 2. The van der Waals surface area contributed by atoms with Crippen molar-refractivity contribution in [2.45, 2.75) is 39.0 Å². The third kappa shape index (κ3) is 4.95. The van der Waals surface area contributed by atoms with Crippen LogP contribution in [0.4, 0.5) is 5.82 Å². The highest BCUT2D eigenvalue weighted by Crippen LogP contribution is 2.25. The zero-order chi connectivity index (χ0) is 21.8. The Morgan fingerprint density at radius 3 is 2.81 bits per heavy atom. The van der Waals surface area contributed by atoms with Crippen molar-refractivity contribution in [1.82, 2.24) is 20.4 Å². The highest BCUT2D eigenvalue weighted by atomic mass is 16.5. The fraction of sp³-hybridized carbons (Fsp3) is 0.318. The molecule has 0 radical (unpaired) electrons. The van der Waals surface area contributed by atoms with Gasteiger partial charge in [-0.05, 0) is 43.7 Å². The van der Waals surface area contributed by atoms with Crippen molar-refractivity contribution in [3.8, 4) is 17.2 Å². The first-order valence-corrected chi connectivity index (χ1v) is 10.2. The molecule has 0 saturated carbocycles. The normalized spacial score (nSPS) is 18.5. The van der Waals surface area contributed by atoms with Crippen LogP contribution in [0, 0.1) is 0 Å². The lowest BCUT2D eigenvalue weighted by molar-refractivity contribution is -0.125. The van der Waals surface area contributed by atoms with E-state index in [2.05, 4.69) is 21.0 Å². The third-order valence-electron chi connectivity index (χ3n) is 4.85. The van der Waals surface area contributed by atoms with Crippen LogP contribution in [0.1, 0.15) is 32.1 Å². The standard InChI is InChI=1S/C22H25N5O4/c1-3-30-16-8-6-15(7-9-16)12-21(29)24-19-13-17(18-5-4-10-31-18)26-27(19)22-23-14(2)11-20(28)25-22/h4-10,13-14,22-23H,3,11-12H2,1-2H3,(H,24,29)(H,25,28). The van der Waals surface area contributed by atoms with Gasteiger partial charge in [0.15, 0.2) is 12.0 Å². The fourth-order valence-corrected chi connectivity index (χ4v) is 3.46. The number of furan rings is 1. The lowest BCUT2D eigenvalue weighted by Gasteiger charge is -2.30. The van der Waals surface area contributed by atoms with Crippen LogP contribution in [-0.2, 0) is 16.0 Å². The van der Waals surface area contributed by atoms with E-state index in [-0.39, 0.29) is 24.3 Å². The van der Waals surface area contributed by atoms with Crippen molar-refractivity contribution in [3.63, 3.8) is 0 Å². The molecule has 3 heterocycles. The number of nitrogens with one attached hydrogen (secondary N) is 3. The predicted molar refractivity (Wildman–Crippen MR) is 114 cm³/mol. The molecule has 31 heavy (non-hydrogen) atoms. The van der Waals surface area contributed by atoms with Gasteiger partial charge in [-0.1, -0.05) is 12.1 Å². The van der Waals surface area contributed by atoms with Crippen molar-refractivity contribution in [2.24, 2.45) is 0 Å². The van der Waals surface area contributed by atoms with E-state index in [4.69, 9.17) is 9.15 Å². The molecule has 1 aliphatic rings. The van der Waals surface area contributed by atoms with Gasteiger partial charge in [0.25, 0.3) is 0 Å². The molecule has 1 saturated heterocycles. The number of hydrogen-bond acceptors (Lipinski definition) is 6. The van der Waals surface area contributed by atoms with Crippen molar-refractivity contribution in [2.75, 3.05) is 11.9 Å². The molecule has 4 rings (SSSR count). The summed E-state index contributed by atoms with van der Waals surface area (Å²) >= 11 is 0. The first kappa shape index (κ1) is 20.7. The molecule has 9 heteroatoms. The van der Waals surface area contributed by atoms with Crippen LogP contribution in [-0.4, -0.2) is 34.2 Å². The highest BCUT2D eigenvalue weighted by molar-refractivity contribution is 5.92. The van der Waals surface area contributed by atoms with E-state index in [1.807, 2.05) is 38.1 Å². The van der Waals surface area contributed by atoms with Gasteiger partial charge in [-0.15, -0.1) is 0 Å². The molecule has 3 aromatic rings. The third-order valence-corrected chi connectivity index (χ3v) is 4.85. The first-order valence-electron chi connectivity index (χ1n) is 10.2. The van der Waals surface area contributed by atoms with Gasteiger partial charge in [-0.25, -0.2) is 4.68 Å². The molecule has 162 valence electrons. The summed E-state index contributed by atoms with van der Waals surface area (Å²) in [5, 5.41) is 13.6. The highest BCUT2D eigenvalue weighted by Gasteiger charge is 2.27. The predicted octanol–water partition coefficient (Wildman–Crippen LogP) is 2.68. The topological polar surface area (TPSA) is 110 Å². The fourth-order valence-electron chi connectivity index (χ4n) is 3.46. The van der Waals surface area contributed by atoms with Gasteiger partial charge >= 0.3 is 0 Å². The average Bonchev–Trinajstić information content (AvgIpc) is 3.39. The number of benzene rings is 1. The summed E-state index contributed by atoms with van der Waals surface area (Å²) < 4.78 is 12.4. The quantitative estimate of drug-likeness (QED) is 0.539. The molecule has 2 unspecified atom stereocenters. The minimum atomic E-state index is -0.583. The Morgan fingerprint density at radius 1 is 1.32 bits per heavy atom.